The molecule has 3 aromatic rings. The Bertz CT molecular complexity index is 1400. The lowest BCUT2D eigenvalue weighted by molar-refractivity contribution is 0.356. The molecule has 9 heteroatoms. The molecule has 0 radical (unpaired) electrons. The van der Waals surface area contributed by atoms with Gasteiger partial charge in [-0.05, 0) is 65.7 Å². The minimum Gasteiger partial charge on any atom is -0.541 e. The monoisotopic (exact) mass is 555 g/mol. The first-order valence-electron chi connectivity index (χ1n) is 12.2. The van der Waals surface area contributed by atoms with Crippen LogP contribution in [-0.2, 0) is 10.0 Å². The van der Waals surface area contributed by atoms with Crippen LogP contribution in [0, 0.1) is 0 Å². The standard InChI is InChI=1S/C29H37NO6SSi/c1-29(2,3)38(7,8)36-26-19-21(16-17-25(26)33-4)14-15-22-18-24(28(35-6)27(20-22)34-5)30-37(31,32)23-12-10-9-11-13-23/h9-20,30H,1-8H3/b15-14+. The number of benzene rings is 3. The maximum Gasteiger partial charge on any atom is 0.262 e. The van der Waals surface area contributed by atoms with Crippen LogP contribution in [0.4, 0.5) is 5.69 Å². The van der Waals surface area contributed by atoms with Crippen molar-refractivity contribution in [1.82, 2.24) is 0 Å². The highest BCUT2D eigenvalue weighted by Gasteiger charge is 2.39. The first-order chi connectivity index (χ1) is 17.8. The van der Waals surface area contributed by atoms with Gasteiger partial charge in [-0.3, -0.25) is 4.72 Å². The average Bonchev–Trinajstić information content (AvgIpc) is 2.86. The van der Waals surface area contributed by atoms with Crippen LogP contribution >= 0.6 is 0 Å². The summed E-state index contributed by atoms with van der Waals surface area (Å²) in [7, 11) is -1.31. The fourth-order valence-electron chi connectivity index (χ4n) is 3.46. The van der Waals surface area contributed by atoms with Crippen molar-refractivity contribution in [1.29, 1.82) is 0 Å². The van der Waals surface area contributed by atoms with E-state index in [0.717, 1.165) is 11.1 Å². The van der Waals surface area contributed by atoms with Gasteiger partial charge in [-0.2, -0.15) is 0 Å². The van der Waals surface area contributed by atoms with E-state index in [1.165, 1.54) is 26.4 Å². The van der Waals surface area contributed by atoms with Gasteiger partial charge in [0.15, 0.2) is 17.2 Å². The lowest BCUT2D eigenvalue weighted by atomic mass is 10.1. The zero-order chi connectivity index (χ0) is 28.1. The predicted molar refractivity (Wildman–Crippen MR) is 157 cm³/mol. The topological polar surface area (TPSA) is 83.1 Å². The van der Waals surface area contributed by atoms with E-state index in [9.17, 15) is 8.42 Å². The highest BCUT2D eigenvalue weighted by atomic mass is 32.2. The van der Waals surface area contributed by atoms with Crippen LogP contribution in [0.3, 0.4) is 0 Å². The van der Waals surface area contributed by atoms with Crippen molar-refractivity contribution in [2.45, 2.75) is 43.8 Å². The maximum absolute atomic E-state index is 13.0. The van der Waals surface area contributed by atoms with Gasteiger partial charge >= 0.3 is 0 Å². The Labute approximate surface area is 227 Å². The molecule has 1 N–H and O–H groups in total. The third-order valence-corrected chi connectivity index (χ3v) is 12.4. The molecule has 7 nitrogen and oxygen atoms in total. The van der Waals surface area contributed by atoms with Gasteiger partial charge in [-0.25, -0.2) is 8.42 Å². The summed E-state index contributed by atoms with van der Waals surface area (Å²) in [5, 5.41) is 0.0347. The Kier molecular flexibility index (Phi) is 8.84. The van der Waals surface area contributed by atoms with Crippen LogP contribution in [0.2, 0.25) is 18.1 Å². The predicted octanol–water partition coefficient (Wildman–Crippen LogP) is 7.07. The molecule has 0 bridgehead atoms. The molecule has 0 aliphatic rings. The highest BCUT2D eigenvalue weighted by molar-refractivity contribution is 7.92. The second-order valence-corrected chi connectivity index (χ2v) is 16.7. The SMILES string of the molecule is COc1ccc(/C=C/c2cc(NS(=O)(=O)c3ccccc3)c(OC)c(OC)c2)cc1O[Si](C)(C)C(C)(C)C. The lowest BCUT2D eigenvalue weighted by Gasteiger charge is -2.36. The molecule has 0 fully saturated rings. The fraction of sp³-hybridized carbons (Fsp3) is 0.310. The van der Waals surface area contributed by atoms with Crippen LogP contribution in [0.5, 0.6) is 23.0 Å². The van der Waals surface area contributed by atoms with Crippen molar-refractivity contribution in [2.75, 3.05) is 26.1 Å². The van der Waals surface area contributed by atoms with Gasteiger partial charge < -0.3 is 18.6 Å². The zero-order valence-electron chi connectivity index (χ0n) is 23.3. The number of rotatable bonds is 10. The van der Waals surface area contributed by atoms with Gasteiger partial charge in [0, 0.05) is 0 Å². The molecule has 3 rings (SSSR count). The van der Waals surface area contributed by atoms with E-state index in [0.29, 0.717) is 23.0 Å². The summed E-state index contributed by atoms with van der Waals surface area (Å²) in [4.78, 5) is 0.148. The minimum atomic E-state index is -3.83. The first kappa shape index (κ1) is 29.1. The van der Waals surface area contributed by atoms with Crippen LogP contribution in [0.25, 0.3) is 12.2 Å². The molecular formula is C29H37NO6SSi. The van der Waals surface area contributed by atoms with Gasteiger partial charge in [0.05, 0.1) is 31.9 Å². The number of hydrogen-bond donors (Lipinski definition) is 1. The van der Waals surface area contributed by atoms with Crippen molar-refractivity contribution >= 4 is 36.2 Å². The van der Waals surface area contributed by atoms with E-state index in [1.54, 1.807) is 37.4 Å². The third kappa shape index (κ3) is 6.71. The number of sulfonamides is 1. The Morgan fingerprint density at radius 2 is 1.37 bits per heavy atom. The number of methoxy groups -OCH3 is 3. The summed E-state index contributed by atoms with van der Waals surface area (Å²) < 4.78 is 51.7. The van der Waals surface area contributed by atoms with Crippen molar-refractivity contribution in [3.05, 3.63) is 71.8 Å². The molecule has 0 aliphatic carbocycles. The van der Waals surface area contributed by atoms with E-state index in [-0.39, 0.29) is 15.6 Å². The lowest BCUT2D eigenvalue weighted by Crippen LogP contribution is -2.43. The second kappa shape index (κ2) is 11.5. The zero-order valence-corrected chi connectivity index (χ0v) is 25.1. The molecule has 0 aromatic heterocycles. The van der Waals surface area contributed by atoms with Crippen molar-refractivity contribution in [3.8, 4) is 23.0 Å². The molecule has 38 heavy (non-hydrogen) atoms. The van der Waals surface area contributed by atoms with E-state index in [4.69, 9.17) is 18.6 Å². The number of nitrogens with one attached hydrogen (secondary N) is 1. The van der Waals surface area contributed by atoms with Crippen molar-refractivity contribution in [3.63, 3.8) is 0 Å². The number of anilines is 1. The fourth-order valence-corrected chi connectivity index (χ4v) is 5.55. The summed E-state index contributed by atoms with van der Waals surface area (Å²) in [5.74, 6) is 2.07. The summed E-state index contributed by atoms with van der Waals surface area (Å²) >= 11 is 0. The Morgan fingerprint density at radius 1 is 0.763 bits per heavy atom. The molecule has 3 aromatic carbocycles. The second-order valence-electron chi connectivity index (χ2n) is 10.3. The third-order valence-electron chi connectivity index (χ3n) is 6.63. The summed E-state index contributed by atoms with van der Waals surface area (Å²) in [6.45, 7) is 11.0. The minimum absolute atomic E-state index is 0.0347. The van der Waals surface area contributed by atoms with Gasteiger partial charge in [0.25, 0.3) is 18.3 Å². The largest absolute Gasteiger partial charge is 0.541 e. The summed E-state index contributed by atoms with van der Waals surface area (Å²) in [6.07, 6.45) is 3.80. The highest BCUT2D eigenvalue weighted by Crippen LogP contribution is 2.41. The average molecular weight is 556 g/mol. The molecular weight excluding hydrogens is 518 g/mol. The summed E-state index contributed by atoms with van der Waals surface area (Å²) in [5.41, 5.74) is 1.89. The van der Waals surface area contributed by atoms with Gasteiger partial charge in [0.2, 0.25) is 0 Å². The molecule has 0 saturated carbocycles. The van der Waals surface area contributed by atoms with Crippen LogP contribution < -0.4 is 23.4 Å². The van der Waals surface area contributed by atoms with E-state index >= 15 is 0 Å². The molecule has 0 atom stereocenters. The van der Waals surface area contributed by atoms with E-state index in [1.807, 2.05) is 30.4 Å². The van der Waals surface area contributed by atoms with E-state index in [2.05, 4.69) is 38.6 Å². The van der Waals surface area contributed by atoms with Gasteiger partial charge in [-0.15, -0.1) is 0 Å². The Balaban J connectivity index is 1.98. The van der Waals surface area contributed by atoms with Gasteiger partial charge in [0.1, 0.15) is 5.75 Å². The number of ether oxygens (including phenoxy) is 3. The Morgan fingerprint density at radius 3 is 1.95 bits per heavy atom. The first-order valence-corrected chi connectivity index (χ1v) is 16.6. The van der Waals surface area contributed by atoms with Crippen LogP contribution in [0.1, 0.15) is 31.9 Å². The molecule has 204 valence electrons. The number of hydrogen-bond acceptors (Lipinski definition) is 6. The molecule has 0 heterocycles. The van der Waals surface area contributed by atoms with Crippen LogP contribution in [0.15, 0.2) is 65.6 Å². The van der Waals surface area contributed by atoms with Crippen molar-refractivity contribution in [2.24, 2.45) is 0 Å². The smallest absolute Gasteiger partial charge is 0.262 e. The molecule has 0 amide bonds. The maximum atomic E-state index is 13.0. The van der Waals surface area contributed by atoms with Crippen LogP contribution in [-0.4, -0.2) is 38.1 Å². The molecule has 0 saturated heterocycles. The molecule has 0 spiro atoms. The normalized spacial score (nSPS) is 12.3. The molecule has 0 unspecified atom stereocenters. The summed E-state index contributed by atoms with van der Waals surface area (Å²) in [6, 6.07) is 17.4. The van der Waals surface area contributed by atoms with E-state index < -0.39 is 18.3 Å². The Hall–Kier alpha value is -3.43. The van der Waals surface area contributed by atoms with Gasteiger partial charge in [-0.1, -0.05) is 57.2 Å². The quantitative estimate of drug-likeness (QED) is 0.213. The molecule has 0 aliphatic heterocycles. The van der Waals surface area contributed by atoms with Crippen molar-refractivity contribution < 1.29 is 27.1 Å².